The quantitative estimate of drug-likeness (QED) is 0.587. The van der Waals surface area contributed by atoms with Crippen LogP contribution in [0.25, 0.3) is 10.1 Å². The minimum atomic E-state index is -0.715. The molecular weight excluding hydrogens is 421 g/mol. The van der Waals surface area contributed by atoms with E-state index in [9.17, 15) is 14.0 Å². The molecule has 8 heteroatoms. The molecule has 0 spiro atoms. The Morgan fingerprint density at radius 1 is 1.21 bits per heavy atom. The molecule has 1 heterocycles. The van der Waals surface area contributed by atoms with Crippen LogP contribution in [0.5, 0.6) is 0 Å². The van der Waals surface area contributed by atoms with Crippen molar-refractivity contribution < 1.29 is 18.8 Å². The maximum absolute atomic E-state index is 13.2. The highest BCUT2D eigenvalue weighted by atomic mass is 79.9. The van der Waals surface area contributed by atoms with Gasteiger partial charge in [-0.05, 0) is 36.4 Å². The summed E-state index contributed by atoms with van der Waals surface area (Å²) < 4.78 is 14.5. The first-order valence-corrected chi connectivity index (χ1v) is 8.59. The number of fused-ring (bicyclic) bond motifs is 1. The van der Waals surface area contributed by atoms with Gasteiger partial charge in [0, 0.05) is 14.6 Å². The Morgan fingerprint density at radius 2 is 2.00 bits per heavy atom. The molecule has 1 aromatic heterocycles. The van der Waals surface area contributed by atoms with Gasteiger partial charge in [-0.15, -0.1) is 11.3 Å². The van der Waals surface area contributed by atoms with E-state index in [2.05, 4.69) is 21.4 Å². The first-order valence-electron chi connectivity index (χ1n) is 6.60. The Labute approximate surface area is 153 Å². The number of carbonyl (C=O) groups is 2. The molecule has 0 aliphatic rings. The Kier molecular flexibility index (Phi) is 4.84. The maximum atomic E-state index is 13.2. The van der Waals surface area contributed by atoms with Crippen molar-refractivity contribution >= 4 is 60.8 Å². The van der Waals surface area contributed by atoms with E-state index in [4.69, 9.17) is 16.4 Å². The van der Waals surface area contributed by atoms with Crippen molar-refractivity contribution in [3.63, 3.8) is 0 Å². The lowest BCUT2D eigenvalue weighted by molar-refractivity contribution is 0.0232. The molecule has 1 N–H and O–H groups in total. The fraction of sp³-hybridized carbons (Fsp3) is 0. The summed E-state index contributed by atoms with van der Waals surface area (Å²) in [6, 6.07) is 10.6. The highest BCUT2D eigenvalue weighted by molar-refractivity contribution is 9.10. The van der Waals surface area contributed by atoms with Crippen LogP contribution in [0.4, 0.5) is 4.39 Å². The summed E-state index contributed by atoms with van der Waals surface area (Å²) in [5, 5.41) is 0.748. The predicted molar refractivity (Wildman–Crippen MR) is 93.8 cm³/mol. The number of benzene rings is 2. The average Bonchev–Trinajstić information content (AvgIpc) is 2.88. The van der Waals surface area contributed by atoms with E-state index in [1.54, 1.807) is 24.3 Å². The Balaban J connectivity index is 1.76. The van der Waals surface area contributed by atoms with Gasteiger partial charge in [-0.3, -0.25) is 4.79 Å². The zero-order valence-electron chi connectivity index (χ0n) is 11.8. The fourth-order valence-corrected chi connectivity index (χ4v) is 3.83. The van der Waals surface area contributed by atoms with Crippen molar-refractivity contribution in [1.82, 2.24) is 5.48 Å². The number of halogens is 3. The van der Waals surface area contributed by atoms with Gasteiger partial charge in [0.05, 0.1) is 10.6 Å². The molecule has 0 fully saturated rings. The number of rotatable bonds is 2. The van der Waals surface area contributed by atoms with Crippen LogP contribution in [0.15, 0.2) is 46.9 Å². The molecule has 0 unspecified atom stereocenters. The molecule has 122 valence electrons. The van der Waals surface area contributed by atoms with Crippen LogP contribution < -0.4 is 5.48 Å². The first-order chi connectivity index (χ1) is 11.5. The van der Waals surface area contributed by atoms with Crippen LogP contribution in [0.3, 0.4) is 0 Å². The van der Waals surface area contributed by atoms with Crippen molar-refractivity contribution in [2.75, 3.05) is 0 Å². The SMILES string of the molecule is O=C(ONC(=O)c1sc2cc(F)ccc2c1Cl)c1cccc(Br)c1. The summed E-state index contributed by atoms with van der Waals surface area (Å²) in [6.45, 7) is 0. The molecule has 24 heavy (non-hydrogen) atoms. The van der Waals surface area contributed by atoms with Gasteiger partial charge in [0.25, 0.3) is 5.91 Å². The highest BCUT2D eigenvalue weighted by Gasteiger charge is 2.19. The second-order valence-electron chi connectivity index (χ2n) is 4.72. The average molecular weight is 429 g/mol. The number of hydrogen-bond donors (Lipinski definition) is 1. The van der Waals surface area contributed by atoms with Gasteiger partial charge >= 0.3 is 5.97 Å². The van der Waals surface area contributed by atoms with Crippen LogP contribution in [0.1, 0.15) is 20.0 Å². The van der Waals surface area contributed by atoms with Gasteiger partial charge in [-0.2, -0.15) is 5.48 Å². The molecule has 3 rings (SSSR count). The lowest BCUT2D eigenvalue weighted by Gasteiger charge is -2.05. The number of hydroxylamine groups is 1. The summed E-state index contributed by atoms with van der Waals surface area (Å²) in [5.41, 5.74) is 2.33. The van der Waals surface area contributed by atoms with Crippen molar-refractivity contribution in [3.05, 3.63) is 68.2 Å². The molecule has 4 nitrogen and oxygen atoms in total. The second-order valence-corrected chi connectivity index (χ2v) is 7.06. The van der Waals surface area contributed by atoms with Crippen LogP contribution >= 0.6 is 38.9 Å². The van der Waals surface area contributed by atoms with E-state index < -0.39 is 17.7 Å². The maximum Gasteiger partial charge on any atom is 0.362 e. The van der Waals surface area contributed by atoms with Gasteiger partial charge in [0.2, 0.25) is 0 Å². The van der Waals surface area contributed by atoms with E-state index in [1.807, 2.05) is 0 Å². The molecule has 0 saturated heterocycles. The Morgan fingerprint density at radius 3 is 2.75 bits per heavy atom. The monoisotopic (exact) mass is 427 g/mol. The van der Waals surface area contributed by atoms with Crippen LogP contribution in [0, 0.1) is 5.82 Å². The third-order valence-corrected chi connectivity index (χ3v) is 5.24. The number of thiophene rings is 1. The number of carbonyl (C=O) groups excluding carboxylic acids is 2. The van der Waals surface area contributed by atoms with Crippen LogP contribution in [-0.2, 0) is 4.84 Å². The molecule has 0 aliphatic heterocycles. The molecule has 3 aromatic rings. The summed E-state index contributed by atoms with van der Waals surface area (Å²) in [7, 11) is 0. The van der Waals surface area contributed by atoms with Gasteiger partial charge in [0.15, 0.2) is 0 Å². The van der Waals surface area contributed by atoms with E-state index >= 15 is 0 Å². The Hall–Kier alpha value is -1.96. The van der Waals surface area contributed by atoms with Gasteiger partial charge in [0.1, 0.15) is 10.7 Å². The summed E-state index contributed by atoms with van der Waals surface area (Å²) in [4.78, 5) is 29.0. The molecule has 1 amide bonds. The number of amides is 1. The minimum absolute atomic E-state index is 0.138. The van der Waals surface area contributed by atoms with E-state index in [0.717, 1.165) is 11.3 Å². The summed E-state index contributed by atoms with van der Waals surface area (Å²) in [6.07, 6.45) is 0. The summed E-state index contributed by atoms with van der Waals surface area (Å²) in [5.74, 6) is -1.81. The Bertz CT molecular complexity index is 960. The molecule has 0 saturated carbocycles. The van der Waals surface area contributed by atoms with Crippen LogP contribution in [0.2, 0.25) is 5.02 Å². The van der Waals surface area contributed by atoms with E-state index in [-0.39, 0.29) is 15.5 Å². The third-order valence-electron chi connectivity index (χ3n) is 3.09. The molecule has 2 aromatic carbocycles. The smallest absolute Gasteiger partial charge is 0.335 e. The molecular formula is C16H8BrClFNO3S. The molecule has 0 bridgehead atoms. The largest absolute Gasteiger partial charge is 0.362 e. The van der Waals surface area contributed by atoms with E-state index in [1.165, 1.54) is 18.2 Å². The fourth-order valence-electron chi connectivity index (χ4n) is 2.00. The zero-order valence-corrected chi connectivity index (χ0v) is 15.0. The first kappa shape index (κ1) is 16.9. The van der Waals surface area contributed by atoms with Gasteiger partial charge in [-0.25, -0.2) is 9.18 Å². The standard InChI is InChI=1S/C16H8BrClFNO3S/c17-9-3-1-2-8(6-9)16(22)23-20-15(21)14-13(18)11-5-4-10(19)7-12(11)24-14/h1-7H,(H,20,21). The van der Waals surface area contributed by atoms with Crippen molar-refractivity contribution in [3.8, 4) is 0 Å². The van der Waals surface area contributed by atoms with Gasteiger partial charge < -0.3 is 4.84 Å². The van der Waals surface area contributed by atoms with E-state index in [0.29, 0.717) is 14.6 Å². The number of nitrogens with one attached hydrogen (secondary N) is 1. The minimum Gasteiger partial charge on any atom is -0.335 e. The van der Waals surface area contributed by atoms with Crippen molar-refractivity contribution in [2.45, 2.75) is 0 Å². The molecule has 0 aliphatic carbocycles. The van der Waals surface area contributed by atoms with Crippen molar-refractivity contribution in [2.24, 2.45) is 0 Å². The lowest BCUT2D eigenvalue weighted by Crippen LogP contribution is -2.26. The topological polar surface area (TPSA) is 55.4 Å². The molecule has 0 atom stereocenters. The summed E-state index contributed by atoms with van der Waals surface area (Å²) >= 11 is 10.4. The second kappa shape index (κ2) is 6.88. The molecule has 0 radical (unpaired) electrons. The van der Waals surface area contributed by atoms with Crippen LogP contribution in [-0.4, -0.2) is 11.9 Å². The zero-order chi connectivity index (χ0) is 17.3. The third kappa shape index (κ3) is 3.43. The highest BCUT2D eigenvalue weighted by Crippen LogP contribution is 2.35. The van der Waals surface area contributed by atoms with Gasteiger partial charge in [-0.1, -0.05) is 33.6 Å². The lowest BCUT2D eigenvalue weighted by atomic mass is 10.2. The number of hydrogen-bond acceptors (Lipinski definition) is 4. The normalized spacial score (nSPS) is 10.6. The predicted octanol–water partition coefficient (Wildman–Crippen LogP) is 4.96. The van der Waals surface area contributed by atoms with Crippen molar-refractivity contribution in [1.29, 1.82) is 0 Å².